The van der Waals surface area contributed by atoms with E-state index in [9.17, 15) is 9.59 Å². The molecule has 0 aliphatic carbocycles. The number of carbonyl (C=O) groups excluding carboxylic acids is 2. The molecule has 0 aromatic heterocycles. The SMILES string of the molecule is CC(C)Oc1ccccc1NC(=O)C1CC(=O)N(c2ccccc2Cl)C1. The van der Waals surface area contributed by atoms with E-state index in [2.05, 4.69) is 5.32 Å². The van der Waals surface area contributed by atoms with Crippen LogP contribution in [0.3, 0.4) is 0 Å². The van der Waals surface area contributed by atoms with E-state index >= 15 is 0 Å². The highest BCUT2D eigenvalue weighted by Crippen LogP contribution is 2.32. The summed E-state index contributed by atoms with van der Waals surface area (Å²) >= 11 is 6.18. The molecule has 0 bridgehead atoms. The van der Waals surface area contributed by atoms with Gasteiger partial charge in [-0.15, -0.1) is 0 Å². The third-order valence-electron chi connectivity index (χ3n) is 4.15. The van der Waals surface area contributed by atoms with Crippen LogP contribution < -0.4 is 15.0 Å². The minimum atomic E-state index is -0.439. The number of benzene rings is 2. The van der Waals surface area contributed by atoms with Crippen molar-refractivity contribution in [2.24, 2.45) is 5.92 Å². The van der Waals surface area contributed by atoms with Gasteiger partial charge in [0.25, 0.3) is 0 Å². The molecule has 26 heavy (non-hydrogen) atoms. The standard InChI is InChI=1S/C20H21ClN2O3/c1-13(2)26-18-10-6-4-8-16(18)22-20(25)14-11-19(24)23(12-14)17-9-5-3-7-15(17)21/h3-10,13-14H,11-12H2,1-2H3,(H,22,25). The summed E-state index contributed by atoms with van der Waals surface area (Å²) in [5.41, 5.74) is 1.24. The van der Waals surface area contributed by atoms with Crippen LogP contribution >= 0.6 is 11.6 Å². The van der Waals surface area contributed by atoms with E-state index in [0.29, 0.717) is 28.7 Å². The van der Waals surface area contributed by atoms with Crippen molar-refractivity contribution in [3.63, 3.8) is 0 Å². The molecule has 1 aliphatic rings. The van der Waals surface area contributed by atoms with Gasteiger partial charge in [-0.25, -0.2) is 0 Å². The molecule has 1 saturated heterocycles. The summed E-state index contributed by atoms with van der Waals surface area (Å²) in [7, 11) is 0. The summed E-state index contributed by atoms with van der Waals surface area (Å²) in [4.78, 5) is 26.6. The van der Waals surface area contributed by atoms with Crippen LogP contribution in [0.5, 0.6) is 5.75 Å². The maximum Gasteiger partial charge on any atom is 0.229 e. The Kier molecular flexibility index (Phi) is 5.47. The van der Waals surface area contributed by atoms with Crippen LogP contribution in [0.25, 0.3) is 0 Å². The van der Waals surface area contributed by atoms with Gasteiger partial charge in [-0.3, -0.25) is 9.59 Å². The van der Waals surface area contributed by atoms with Gasteiger partial charge in [0.15, 0.2) is 0 Å². The molecule has 1 fully saturated rings. The highest BCUT2D eigenvalue weighted by molar-refractivity contribution is 6.33. The summed E-state index contributed by atoms with van der Waals surface area (Å²) in [6.07, 6.45) is 0.154. The average Bonchev–Trinajstić information content (AvgIpc) is 2.98. The maximum atomic E-state index is 12.7. The number of hydrogen-bond donors (Lipinski definition) is 1. The van der Waals surface area contributed by atoms with E-state index in [1.54, 1.807) is 23.1 Å². The molecule has 1 N–H and O–H groups in total. The second kappa shape index (κ2) is 7.79. The highest BCUT2D eigenvalue weighted by Gasteiger charge is 2.36. The molecule has 2 aromatic carbocycles. The summed E-state index contributed by atoms with van der Waals surface area (Å²) in [5.74, 6) is -0.133. The maximum absolute atomic E-state index is 12.7. The lowest BCUT2D eigenvalue weighted by Gasteiger charge is -2.18. The van der Waals surface area contributed by atoms with Gasteiger partial charge in [0.2, 0.25) is 11.8 Å². The molecular weight excluding hydrogens is 352 g/mol. The fraction of sp³-hybridized carbons (Fsp3) is 0.300. The molecule has 136 valence electrons. The fourth-order valence-electron chi connectivity index (χ4n) is 2.95. The molecule has 0 saturated carbocycles. The number of anilines is 2. The van der Waals surface area contributed by atoms with Crippen molar-refractivity contribution >= 4 is 34.8 Å². The first kappa shape index (κ1) is 18.3. The van der Waals surface area contributed by atoms with Crippen LogP contribution in [0.15, 0.2) is 48.5 Å². The zero-order valence-corrected chi connectivity index (χ0v) is 15.5. The van der Waals surface area contributed by atoms with Gasteiger partial charge in [0.05, 0.1) is 28.4 Å². The van der Waals surface area contributed by atoms with E-state index in [0.717, 1.165) is 0 Å². The quantitative estimate of drug-likeness (QED) is 0.858. The Hall–Kier alpha value is -2.53. The number of ether oxygens (including phenoxy) is 1. The Balaban J connectivity index is 1.72. The Morgan fingerprint density at radius 1 is 1.19 bits per heavy atom. The largest absolute Gasteiger partial charge is 0.489 e. The van der Waals surface area contributed by atoms with Crippen molar-refractivity contribution in [1.82, 2.24) is 0 Å². The van der Waals surface area contributed by atoms with Gasteiger partial charge in [0.1, 0.15) is 5.75 Å². The number of nitrogens with zero attached hydrogens (tertiary/aromatic N) is 1. The molecule has 1 aliphatic heterocycles. The Labute approximate surface area is 157 Å². The number of nitrogens with one attached hydrogen (secondary N) is 1. The highest BCUT2D eigenvalue weighted by atomic mass is 35.5. The van der Waals surface area contributed by atoms with E-state index in [1.165, 1.54) is 0 Å². The van der Waals surface area contributed by atoms with E-state index in [4.69, 9.17) is 16.3 Å². The van der Waals surface area contributed by atoms with Crippen molar-refractivity contribution in [3.05, 3.63) is 53.6 Å². The van der Waals surface area contributed by atoms with Crippen LogP contribution in [0, 0.1) is 5.92 Å². The van der Waals surface area contributed by atoms with Gasteiger partial charge < -0.3 is 15.0 Å². The number of rotatable bonds is 5. The third kappa shape index (κ3) is 3.99. The van der Waals surface area contributed by atoms with Gasteiger partial charge in [0, 0.05) is 13.0 Å². The van der Waals surface area contributed by atoms with Crippen molar-refractivity contribution < 1.29 is 14.3 Å². The zero-order chi connectivity index (χ0) is 18.7. The molecule has 6 heteroatoms. The average molecular weight is 373 g/mol. The molecule has 1 heterocycles. The molecular formula is C20H21ClN2O3. The number of hydrogen-bond acceptors (Lipinski definition) is 3. The van der Waals surface area contributed by atoms with Crippen LogP contribution in [-0.4, -0.2) is 24.5 Å². The molecule has 5 nitrogen and oxygen atoms in total. The minimum Gasteiger partial charge on any atom is -0.489 e. The van der Waals surface area contributed by atoms with E-state index in [1.807, 2.05) is 44.2 Å². The zero-order valence-electron chi connectivity index (χ0n) is 14.7. The molecule has 0 spiro atoms. The number of halogens is 1. The summed E-state index contributed by atoms with van der Waals surface area (Å²) in [6.45, 7) is 4.16. The first-order valence-electron chi connectivity index (χ1n) is 8.57. The van der Waals surface area contributed by atoms with Crippen molar-refractivity contribution in [1.29, 1.82) is 0 Å². The topological polar surface area (TPSA) is 58.6 Å². The molecule has 1 unspecified atom stereocenters. The summed E-state index contributed by atoms with van der Waals surface area (Å²) in [5, 5.41) is 3.39. The monoisotopic (exact) mass is 372 g/mol. The van der Waals surface area contributed by atoms with E-state index < -0.39 is 5.92 Å². The number of para-hydroxylation sites is 3. The van der Waals surface area contributed by atoms with E-state index in [-0.39, 0.29) is 24.3 Å². The number of amides is 2. The first-order chi connectivity index (χ1) is 12.5. The van der Waals surface area contributed by atoms with Crippen LogP contribution in [0.4, 0.5) is 11.4 Å². The smallest absolute Gasteiger partial charge is 0.229 e. The second-order valence-electron chi connectivity index (χ2n) is 6.51. The molecule has 3 rings (SSSR count). The van der Waals surface area contributed by atoms with Crippen LogP contribution in [0.2, 0.25) is 5.02 Å². The molecule has 2 aromatic rings. The minimum absolute atomic E-state index is 0.00294. The van der Waals surface area contributed by atoms with Crippen LogP contribution in [0.1, 0.15) is 20.3 Å². The Bertz CT molecular complexity index is 822. The van der Waals surface area contributed by atoms with Gasteiger partial charge in [-0.2, -0.15) is 0 Å². The van der Waals surface area contributed by atoms with Crippen LogP contribution in [-0.2, 0) is 9.59 Å². The summed E-state index contributed by atoms with van der Waals surface area (Å²) < 4.78 is 5.73. The van der Waals surface area contributed by atoms with Gasteiger partial charge >= 0.3 is 0 Å². The normalized spacial score (nSPS) is 16.8. The van der Waals surface area contributed by atoms with Crippen molar-refractivity contribution in [2.75, 3.05) is 16.8 Å². The first-order valence-corrected chi connectivity index (χ1v) is 8.95. The Morgan fingerprint density at radius 2 is 1.88 bits per heavy atom. The molecule has 2 amide bonds. The van der Waals surface area contributed by atoms with Gasteiger partial charge in [-0.1, -0.05) is 35.9 Å². The molecule has 0 radical (unpaired) electrons. The third-order valence-corrected chi connectivity index (χ3v) is 4.47. The Morgan fingerprint density at radius 3 is 2.62 bits per heavy atom. The van der Waals surface area contributed by atoms with Crippen molar-refractivity contribution in [3.8, 4) is 5.75 Å². The second-order valence-corrected chi connectivity index (χ2v) is 6.92. The van der Waals surface area contributed by atoms with Gasteiger partial charge in [-0.05, 0) is 38.1 Å². The lowest BCUT2D eigenvalue weighted by atomic mass is 10.1. The molecule has 1 atom stereocenters. The van der Waals surface area contributed by atoms with Crippen molar-refractivity contribution in [2.45, 2.75) is 26.4 Å². The predicted octanol–water partition coefficient (Wildman–Crippen LogP) is 4.12. The predicted molar refractivity (Wildman–Crippen MR) is 103 cm³/mol. The number of carbonyl (C=O) groups is 2. The lowest BCUT2D eigenvalue weighted by Crippen LogP contribution is -2.28. The fourth-order valence-corrected chi connectivity index (χ4v) is 3.19. The summed E-state index contributed by atoms with van der Waals surface area (Å²) in [6, 6.07) is 14.4. The lowest BCUT2D eigenvalue weighted by molar-refractivity contribution is -0.122.